The van der Waals surface area contributed by atoms with Gasteiger partial charge in [-0.05, 0) is 42.2 Å². The highest BCUT2D eigenvalue weighted by atomic mass is 32.2. The van der Waals surface area contributed by atoms with Crippen LogP contribution in [-0.4, -0.2) is 24.6 Å². The van der Waals surface area contributed by atoms with Gasteiger partial charge in [0.05, 0.1) is 11.4 Å². The van der Waals surface area contributed by atoms with Gasteiger partial charge in [0.2, 0.25) is 5.91 Å². The number of carbonyl (C=O) groups excluding carboxylic acids is 2. The van der Waals surface area contributed by atoms with Crippen molar-refractivity contribution in [1.82, 2.24) is 0 Å². The smallest absolute Gasteiger partial charge is 0.251 e. The lowest BCUT2D eigenvalue weighted by atomic mass is 10.1. The third-order valence-electron chi connectivity index (χ3n) is 3.57. The van der Waals surface area contributed by atoms with Gasteiger partial charge in [-0.15, -0.1) is 11.8 Å². The standard InChI is InChI=1S/C18H16N2O2S/c1-23-14-9-6-13(7-10-14)8-11-18(22)20-12-17(21)19-15-4-2-3-5-16(15)20/h2-11H,12H2,1H3,(H,19,21)/b11-8+. The van der Waals surface area contributed by atoms with Crippen LogP contribution in [0.2, 0.25) is 0 Å². The molecule has 1 aliphatic rings. The molecule has 23 heavy (non-hydrogen) atoms. The second-order valence-electron chi connectivity index (χ2n) is 5.10. The number of thioether (sulfide) groups is 1. The van der Waals surface area contributed by atoms with Crippen molar-refractivity contribution in [3.63, 3.8) is 0 Å². The van der Waals surface area contributed by atoms with Crippen molar-refractivity contribution in [2.75, 3.05) is 23.0 Å². The molecule has 3 rings (SSSR count). The molecule has 0 aliphatic carbocycles. The minimum Gasteiger partial charge on any atom is -0.323 e. The quantitative estimate of drug-likeness (QED) is 0.695. The van der Waals surface area contributed by atoms with E-state index in [9.17, 15) is 9.59 Å². The Hall–Kier alpha value is -2.53. The fourth-order valence-corrected chi connectivity index (χ4v) is 2.81. The number of hydrogen-bond acceptors (Lipinski definition) is 3. The molecule has 0 radical (unpaired) electrons. The summed E-state index contributed by atoms with van der Waals surface area (Å²) in [5.74, 6) is -0.393. The van der Waals surface area contributed by atoms with Gasteiger partial charge in [0.25, 0.3) is 5.91 Å². The highest BCUT2D eigenvalue weighted by molar-refractivity contribution is 7.98. The molecule has 0 fully saturated rings. The fourth-order valence-electron chi connectivity index (χ4n) is 2.40. The van der Waals surface area contributed by atoms with Gasteiger partial charge in [0.15, 0.2) is 0 Å². The van der Waals surface area contributed by atoms with Crippen LogP contribution in [0.5, 0.6) is 0 Å². The number of amides is 2. The molecule has 116 valence electrons. The lowest BCUT2D eigenvalue weighted by Gasteiger charge is -2.28. The lowest BCUT2D eigenvalue weighted by Crippen LogP contribution is -2.41. The van der Waals surface area contributed by atoms with Gasteiger partial charge >= 0.3 is 0 Å². The zero-order chi connectivity index (χ0) is 16.2. The SMILES string of the molecule is CSc1ccc(/C=C/C(=O)N2CC(=O)Nc3ccccc32)cc1. The van der Waals surface area contributed by atoms with Crippen LogP contribution < -0.4 is 10.2 Å². The Morgan fingerprint density at radius 1 is 1.17 bits per heavy atom. The van der Waals surface area contributed by atoms with Gasteiger partial charge in [0, 0.05) is 11.0 Å². The van der Waals surface area contributed by atoms with Crippen molar-refractivity contribution in [3.05, 3.63) is 60.2 Å². The average molecular weight is 324 g/mol. The zero-order valence-electron chi connectivity index (χ0n) is 12.7. The molecule has 0 spiro atoms. The van der Waals surface area contributed by atoms with E-state index < -0.39 is 0 Å². The molecule has 1 aliphatic heterocycles. The summed E-state index contributed by atoms with van der Waals surface area (Å²) < 4.78 is 0. The second kappa shape index (κ2) is 6.71. The molecule has 1 heterocycles. The first-order valence-electron chi connectivity index (χ1n) is 7.20. The van der Waals surface area contributed by atoms with Crippen LogP contribution in [0.4, 0.5) is 11.4 Å². The second-order valence-corrected chi connectivity index (χ2v) is 5.98. The Kier molecular flexibility index (Phi) is 4.48. The van der Waals surface area contributed by atoms with Crippen molar-refractivity contribution in [2.24, 2.45) is 0 Å². The van der Waals surface area contributed by atoms with Gasteiger partial charge in [-0.25, -0.2) is 0 Å². The van der Waals surface area contributed by atoms with Crippen molar-refractivity contribution in [2.45, 2.75) is 4.90 Å². The number of hydrogen-bond donors (Lipinski definition) is 1. The summed E-state index contributed by atoms with van der Waals surface area (Å²) in [5.41, 5.74) is 2.33. The average Bonchev–Trinajstić information content (AvgIpc) is 2.59. The molecule has 2 aromatic rings. The van der Waals surface area contributed by atoms with E-state index in [4.69, 9.17) is 0 Å². The van der Waals surface area contributed by atoms with Crippen LogP contribution in [0, 0.1) is 0 Å². The van der Waals surface area contributed by atoms with Gasteiger partial charge in [0.1, 0.15) is 6.54 Å². The molecule has 0 unspecified atom stereocenters. The minimum atomic E-state index is -0.207. The van der Waals surface area contributed by atoms with E-state index >= 15 is 0 Å². The molecule has 0 saturated heterocycles. The van der Waals surface area contributed by atoms with E-state index in [2.05, 4.69) is 5.32 Å². The summed E-state index contributed by atoms with van der Waals surface area (Å²) >= 11 is 1.67. The number of nitrogens with zero attached hydrogens (tertiary/aromatic N) is 1. The van der Waals surface area contributed by atoms with E-state index in [-0.39, 0.29) is 18.4 Å². The normalized spacial score (nSPS) is 13.8. The van der Waals surface area contributed by atoms with Gasteiger partial charge in [-0.2, -0.15) is 0 Å². The minimum absolute atomic E-state index is 0.0333. The van der Waals surface area contributed by atoms with Crippen molar-refractivity contribution < 1.29 is 9.59 Å². The molecule has 2 aromatic carbocycles. The van der Waals surface area contributed by atoms with Gasteiger partial charge < -0.3 is 5.32 Å². The van der Waals surface area contributed by atoms with Crippen LogP contribution in [0.15, 0.2) is 59.5 Å². The monoisotopic (exact) mass is 324 g/mol. The van der Waals surface area contributed by atoms with Crippen LogP contribution in [-0.2, 0) is 9.59 Å². The third kappa shape index (κ3) is 3.46. The Bertz CT molecular complexity index is 769. The van der Waals surface area contributed by atoms with Crippen LogP contribution in [0.3, 0.4) is 0 Å². The van der Waals surface area contributed by atoms with E-state index in [1.807, 2.05) is 48.7 Å². The number of benzene rings is 2. The number of carbonyl (C=O) groups is 2. The predicted molar refractivity (Wildman–Crippen MR) is 94.7 cm³/mol. The molecule has 1 N–H and O–H groups in total. The van der Waals surface area contributed by atoms with E-state index in [0.29, 0.717) is 5.69 Å². The molecular formula is C18H16N2O2S. The van der Waals surface area contributed by atoms with E-state index in [1.165, 1.54) is 15.9 Å². The van der Waals surface area contributed by atoms with Gasteiger partial charge in [-0.1, -0.05) is 24.3 Å². The summed E-state index contributed by atoms with van der Waals surface area (Å²) in [6, 6.07) is 15.2. The molecule has 0 bridgehead atoms. The van der Waals surface area contributed by atoms with Gasteiger partial charge in [-0.3, -0.25) is 14.5 Å². The summed E-state index contributed by atoms with van der Waals surface area (Å²) in [5, 5.41) is 2.77. The summed E-state index contributed by atoms with van der Waals surface area (Å²) in [6.45, 7) is 0.0333. The summed E-state index contributed by atoms with van der Waals surface area (Å²) in [4.78, 5) is 26.9. The Balaban J connectivity index is 1.80. The zero-order valence-corrected chi connectivity index (χ0v) is 13.5. The predicted octanol–water partition coefficient (Wildman–Crippen LogP) is 3.41. The maximum absolute atomic E-state index is 12.5. The molecule has 5 heteroatoms. The maximum Gasteiger partial charge on any atom is 0.251 e. The molecular weight excluding hydrogens is 308 g/mol. The number of para-hydroxylation sites is 2. The fraction of sp³-hybridized carbons (Fsp3) is 0.111. The molecule has 0 aromatic heterocycles. The Labute approximate surface area is 139 Å². The van der Waals surface area contributed by atoms with Crippen LogP contribution in [0.1, 0.15) is 5.56 Å². The highest BCUT2D eigenvalue weighted by Crippen LogP contribution is 2.29. The summed E-state index contributed by atoms with van der Waals surface area (Å²) in [6.07, 6.45) is 5.29. The molecule has 4 nitrogen and oxygen atoms in total. The maximum atomic E-state index is 12.5. The van der Waals surface area contributed by atoms with E-state index in [0.717, 1.165) is 11.3 Å². The summed E-state index contributed by atoms with van der Waals surface area (Å²) in [7, 11) is 0. The molecule has 0 atom stereocenters. The topological polar surface area (TPSA) is 49.4 Å². The van der Waals surface area contributed by atoms with Crippen molar-refractivity contribution in [3.8, 4) is 0 Å². The number of nitrogens with one attached hydrogen (secondary N) is 1. The number of fused-ring (bicyclic) bond motifs is 1. The first kappa shape index (κ1) is 15.4. The van der Waals surface area contributed by atoms with Crippen LogP contribution >= 0.6 is 11.8 Å². The Morgan fingerprint density at radius 2 is 1.91 bits per heavy atom. The number of rotatable bonds is 3. The highest BCUT2D eigenvalue weighted by Gasteiger charge is 2.24. The number of anilines is 2. The molecule has 2 amide bonds. The van der Waals surface area contributed by atoms with Crippen LogP contribution in [0.25, 0.3) is 6.08 Å². The lowest BCUT2D eigenvalue weighted by molar-refractivity contribution is -0.119. The van der Waals surface area contributed by atoms with E-state index in [1.54, 1.807) is 23.9 Å². The molecule has 0 saturated carbocycles. The first-order chi connectivity index (χ1) is 11.2. The van der Waals surface area contributed by atoms with Crippen molar-refractivity contribution >= 4 is 41.0 Å². The van der Waals surface area contributed by atoms with Crippen molar-refractivity contribution in [1.29, 1.82) is 0 Å². The first-order valence-corrected chi connectivity index (χ1v) is 8.42. The Morgan fingerprint density at radius 3 is 2.65 bits per heavy atom. The third-order valence-corrected chi connectivity index (χ3v) is 4.31. The largest absolute Gasteiger partial charge is 0.323 e.